The largest absolute Gasteiger partial charge is 0.447 e. The SMILES string of the molecule is CS(=O)(=O)CCNc1ccc(-c2ccc3ncnc(OC4CCCCO4)c3c2)o1. The molecule has 1 atom stereocenters. The predicted molar refractivity (Wildman–Crippen MR) is 110 cm³/mol. The van der Waals surface area contributed by atoms with Gasteiger partial charge in [0.2, 0.25) is 12.2 Å². The molecule has 3 aromatic rings. The lowest BCUT2D eigenvalue weighted by Crippen LogP contribution is -2.25. The molecule has 0 radical (unpaired) electrons. The number of hydrogen-bond acceptors (Lipinski definition) is 8. The number of nitrogens with one attached hydrogen (secondary N) is 1. The summed E-state index contributed by atoms with van der Waals surface area (Å²) in [5.74, 6) is 1.69. The molecule has 1 aliphatic rings. The van der Waals surface area contributed by atoms with E-state index >= 15 is 0 Å². The molecule has 1 fully saturated rings. The van der Waals surface area contributed by atoms with Gasteiger partial charge in [-0.1, -0.05) is 0 Å². The smallest absolute Gasteiger partial charge is 0.226 e. The summed E-state index contributed by atoms with van der Waals surface area (Å²) in [6.07, 6.45) is 5.36. The summed E-state index contributed by atoms with van der Waals surface area (Å²) in [6, 6.07) is 9.33. The van der Waals surface area contributed by atoms with Crippen molar-refractivity contribution in [1.29, 1.82) is 0 Å². The van der Waals surface area contributed by atoms with Crippen molar-refractivity contribution in [3.05, 3.63) is 36.7 Å². The van der Waals surface area contributed by atoms with Crippen molar-refractivity contribution in [2.75, 3.05) is 30.5 Å². The summed E-state index contributed by atoms with van der Waals surface area (Å²) in [5, 5.41) is 3.76. The van der Waals surface area contributed by atoms with Gasteiger partial charge in [-0.25, -0.2) is 18.4 Å². The summed E-state index contributed by atoms with van der Waals surface area (Å²) in [5.41, 5.74) is 1.62. The Kier molecular flexibility index (Phi) is 5.68. The predicted octanol–water partition coefficient (Wildman–Crippen LogP) is 3.25. The Hall–Kier alpha value is -2.65. The number of aromatic nitrogens is 2. The van der Waals surface area contributed by atoms with Gasteiger partial charge < -0.3 is 19.2 Å². The number of rotatable bonds is 7. The van der Waals surface area contributed by atoms with Crippen LogP contribution in [0.25, 0.3) is 22.2 Å². The highest BCUT2D eigenvalue weighted by molar-refractivity contribution is 7.90. The number of benzene rings is 1. The normalized spacial score (nSPS) is 17.3. The minimum Gasteiger partial charge on any atom is -0.447 e. The fraction of sp³-hybridized carbons (Fsp3) is 0.400. The molecule has 0 saturated carbocycles. The Morgan fingerprint density at radius 3 is 2.90 bits per heavy atom. The Morgan fingerprint density at radius 1 is 1.21 bits per heavy atom. The zero-order valence-corrected chi connectivity index (χ0v) is 16.9. The van der Waals surface area contributed by atoms with Gasteiger partial charge in [-0.2, -0.15) is 0 Å². The molecule has 8 nitrogen and oxygen atoms in total. The molecule has 1 aliphatic heterocycles. The number of anilines is 1. The van der Waals surface area contributed by atoms with E-state index in [-0.39, 0.29) is 18.6 Å². The zero-order chi connectivity index (χ0) is 20.3. The Morgan fingerprint density at radius 2 is 2.10 bits per heavy atom. The van der Waals surface area contributed by atoms with Crippen molar-refractivity contribution < 1.29 is 22.3 Å². The summed E-state index contributed by atoms with van der Waals surface area (Å²) < 4.78 is 39.9. The second-order valence-electron chi connectivity index (χ2n) is 7.05. The quantitative estimate of drug-likeness (QED) is 0.625. The highest BCUT2D eigenvalue weighted by atomic mass is 32.2. The minimum atomic E-state index is -3.02. The molecule has 1 aromatic carbocycles. The van der Waals surface area contributed by atoms with E-state index in [4.69, 9.17) is 13.9 Å². The first-order chi connectivity index (χ1) is 14.0. The fourth-order valence-corrected chi connectivity index (χ4v) is 3.63. The average molecular weight is 417 g/mol. The molecule has 29 heavy (non-hydrogen) atoms. The fourth-order valence-electron chi connectivity index (χ4n) is 3.16. The Labute approximate surface area is 169 Å². The van der Waals surface area contributed by atoms with E-state index in [2.05, 4.69) is 15.3 Å². The zero-order valence-electron chi connectivity index (χ0n) is 16.1. The van der Waals surface area contributed by atoms with Crippen LogP contribution in [0, 0.1) is 0 Å². The van der Waals surface area contributed by atoms with Crippen LogP contribution in [0.15, 0.2) is 41.1 Å². The number of sulfone groups is 1. The van der Waals surface area contributed by atoms with Gasteiger partial charge in [0, 0.05) is 30.9 Å². The van der Waals surface area contributed by atoms with Crippen LogP contribution in [0.2, 0.25) is 0 Å². The molecular weight excluding hydrogens is 394 g/mol. The maximum absolute atomic E-state index is 11.2. The molecule has 0 bridgehead atoms. The summed E-state index contributed by atoms with van der Waals surface area (Å²) in [4.78, 5) is 8.60. The lowest BCUT2D eigenvalue weighted by molar-refractivity contribution is -0.107. The highest BCUT2D eigenvalue weighted by Gasteiger charge is 2.18. The molecule has 4 rings (SSSR count). The molecule has 0 amide bonds. The van der Waals surface area contributed by atoms with E-state index in [9.17, 15) is 8.42 Å². The third-order valence-electron chi connectivity index (χ3n) is 4.64. The van der Waals surface area contributed by atoms with Crippen molar-refractivity contribution in [2.24, 2.45) is 0 Å². The van der Waals surface area contributed by atoms with Gasteiger partial charge in [0.15, 0.2) is 5.88 Å². The van der Waals surface area contributed by atoms with Gasteiger partial charge in [0.25, 0.3) is 0 Å². The molecule has 1 saturated heterocycles. The molecular formula is C20H23N3O5S. The molecule has 1 N–H and O–H groups in total. The van der Waals surface area contributed by atoms with Crippen LogP contribution in [-0.4, -0.2) is 49.8 Å². The van der Waals surface area contributed by atoms with Crippen LogP contribution in [0.3, 0.4) is 0 Å². The van der Waals surface area contributed by atoms with Gasteiger partial charge >= 0.3 is 0 Å². The van der Waals surface area contributed by atoms with Gasteiger partial charge in [0.1, 0.15) is 21.9 Å². The lowest BCUT2D eigenvalue weighted by atomic mass is 10.1. The second kappa shape index (κ2) is 8.38. The molecule has 3 heterocycles. The first-order valence-electron chi connectivity index (χ1n) is 9.53. The maximum Gasteiger partial charge on any atom is 0.226 e. The molecule has 9 heteroatoms. The third-order valence-corrected chi connectivity index (χ3v) is 5.59. The number of furan rings is 1. The van der Waals surface area contributed by atoms with E-state index in [1.54, 1.807) is 6.07 Å². The molecule has 154 valence electrons. The number of hydrogen-bond donors (Lipinski definition) is 1. The van der Waals surface area contributed by atoms with Crippen LogP contribution < -0.4 is 10.1 Å². The summed E-state index contributed by atoms with van der Waals surface area (Å²) >= 11 is 0. The van der Waals surface area contributed by atoms with E-state index in [1.165, 1.54) is 12.6 Å². The maximum atomic E-state index is 11.2. The van der Waals surface area contributed by atoms with Gasteiger partial charge in [-0.15, -0.1) is 0 Å². The van der Waals surface area contributed by atoms with E-state index in [0.717, 1.165) is 35.7 Å². The third kappa shape index (κ3) is 5.04. The van der Waals surface area contributed by atoms with Gasteiger partial charge in [-0.3, -0.25) is 0 Å². The summed E-state index contributed by atoms with van der Waals surface area (Å²) in [7, 11) is -3.02. The minimum absolute atomic E-state index is 0.0419. The summed E-state index contributed by atoms with van der Waals surface area (Å²) in [6.45, 7) is 0.983. The lowest BCUT2D eigenvalue weighted by Gasteiger charge is -2.23. The monoisotopic (exact) mass is 417 g/mol. The standard InChI is InChI=1S/C20H23N3O5S/c1-29(24,25)11-9-21-18-8-7-17(27-18)14-5-6-16-15(12-14)20(23-13-22-16)28-19-4-2-3-10-26-19/h5-8,12-13,19,21H,2-4,9-11H2,1H3. The van der Waals surface area contributed by atoms with Gasteiger partial charge in [-0.05, 0) is 37.1 Å². The number of fused-ring (bicyclic) bond motifs is 1. The van der Waals surface area contributed by atoms with Crippen molar-refractivity contribution >= 4 is 26.6 Å². The Bertz CT molecular complexity index is 1090. The van der Waals surface area contributed by atoms with Crippen LogP contribution in [-0.2, 0) is 14.6 Å². The van der Waals surface area contributed by atoms with Crippen molar-refractivity contribution in [1.82, 2.24) is 9.97 Å². The van der Waals surface area contributed by atoms with E-state index < -0.39 is 9.84 Å². The number of nitrogens with zero attached hydrogens (tertiary/aromatic N) is 2. The van der Waals surface area contributed by atoms with Crippen LogP contribution in [0.4, 0.5) is 5.88 Å². The number of ether oxygens (including phenoxy) is 2. The van der Waals surface area contributed by atoms with E-state index in [1.807, 2.05) is 24.3 Å². The Balaban J connectivity index is 1.54. The molecule has 0 aliphatic carbocycles. The van der Waals surface area contributed by atoms with Crippen LogP contribution in [0.1, 0.15) is 19.3 Å². The highest BCUT2D eigenvalue weighted by Crippen LogP contribution is 2.31. The first-order valence-corrected chi connectivity index (χ1v) is 11.6. The molecule has 1 unspecified atom stereocenters. The van der Waals surface area contributed by atoms with Crippen molar-refractivity contribution in [3.8, 4) is 17.2 Å². The van der Waals surface area contributed by atoms with Crippen molar-refractivity contribution in [2.45, 2.75) is 25.6 Å². The molecule has 0 spiro atoms. The van der Waals surface area contributed by atoms with Crippen LogP contribution >= 0.6 is 0 Å². The topological polar surface area (TPSA) is 104 Å². The van der Waals surface area contributed by atoms with Gasteiger partial charge in [0.05, 0.1) is 23.3 Å². The van der Waals surface area contributed by atoms with E-state index in [0.29, 0.717) is 24.1 Å². The molecule has 2 aromatic heterocycles. The van der Waals surface area contributed by atoms with Crippen molar-refractivity contribution in [3.63, 3.8) is 0 Å². The second-order valence-corrected chi connectivity index (χ2v) is 9.31. The first kappa shape index (κ1) is 19.7. The van der Waals surface area contributed by atoms with Crippen LogP contribution in [0.5, 0.6) is 5.88 Å². The average Bonchev–Trinajstić information content (AvgIpc) is 3.17.